The molecule has 5 N–H and O–H groups in total. The highest BCUT2D eigenvalue weighted by atomic mass is 16.5. The van der Waals surface area contributed by atoms with Gasteiger partial charge in [-0.1, -0.05) is 36.8 Å². The van der Waals surface area contributed by atoms with Gasteiger partial charge in [-0.15, -0.1) is 0 Å². The van der Waals surface area contributed by atoms with E-state index in [1.165, 1.54) is 0 Å². The van der Waals surface area contributed by atoms with Crippen molar-refractivity contribution in [2.45, 2.75) is 51.9 Å². The Bertz CT molecular complexity index is 1600. The Kier molecular flexibility index (Phi) is 9.38. The first-order valence-corrected chi connectivity index (χ1v) is 13.2. The van der Waals surface area contributed by atoms with Crippen molar-refractivity contribution in [3.8, 4) is 11.8 Å². The summed E-state index contributed by atoms with van der Waals surface area (Å²) in [6.07, 6.45) is 4.31. The number of aromatic nitrogens is 4. The van der Waals surface area contributed by atoms with Crippen LogP contribution in [0.25, 0.3) is 16.6 Å². The molecule has 0 radical (unpaired) electrons. The highest BCUT2D eigenvalue weighted by Gasteiger charge is 2.16. The van der Waals surface area contributed by atoms with E-state index in [9.17, 15) is 14.9 Å². The number of nitrogens with one attached hydrogen (secondary N) is 2. The highest BCUT2D eigenvalue weighted by Crippen LogP contribution is 2.20. The molecule has 11 nitrogen and oxygen atoms in total. The van der Waals surface area contributed by atoms with Crippen LogP contribution in [0.1, 0.15) is 54.7 Å². The second-order valence-electron chi connectivity index (χ2n) is 9.44. The molecule has 206 valence electrons. The number of nitrogens with zero attached hydrogens (tertiary/aromatic N) is 5. The Hall–Kier alpha value is -4.82. The fraction of sp³-hybridized carbons (Fsp3) is 0.310. The molecule has 0 saturated carbocycles. The molecule has 0 bridgehead atoms. The van der Waals surface area contributed by atoms with E-state index in [2.05, 4.69) is 21.4 Å². The van der Waals surface area contributed by atoms with E-state index in [0.29, 0.717) is 66.0 Å². The Balaban J connectivity index is 1.58. The summed E-state index contributed by atoms with van der Waals surface area (Å²) in [4.78, 5) is 38.3. The molecule has 2 heterocycles. The SMILES string of the molecule is Cc1nc(N)nc(NCCCc2nc3cccc(CCCCCC(=O)NO)c3c(=O)n2-c2ccccc2)c1C#N. The van der Waals surface area contributed by atoms with E-state index in [4.69, 9.17) is 15.9 Å². The number of nitriles is 1. The Labute approximate surface area is 231 Å². The van der Waals surface area contributed by atoms with Gasteiger partial charge in [0.25, 0.3) is 5.56 Å². The minimum atomic E-state index is -0.398. The van der Waals surface area contributed by atoms with Crippen molar-refractivity contribution in [3.05, 3.63) is 81.5 Å². The van der Waals surface area contributed by atoms with Crippen LogP contribution in [0.5, 0.6) is 0 Å². The number of carbonyl (C=O) groups is 1. The molecule has 0 fully saturated rings. The Morgan fingerprint density at radius 1 is 1.02 bits per heavy atom. The monoisotopic (exact) mass is 540 g/mol. The number of hydrogen-bond acceptors (Lipinski definition) is 9. The molecule has 11 heteroatoms. The predicted molar refractivity (Wildman–Crippen MR) is 152 cm³/mol. The molecular weight excluding hydrogens is 508 g/mol. The third kappa shape index (κ3) is 6.59. The van der Waals surface area contributed by atoms with E-state index in [-0.39, 0.29) is 17.9 Å². The summed E-state index contributed by atoms with van der Waals surface area (Å²) in [5, 5.41) is 21.9. The number of amides is 1. The first-order valence-electron chi connectivity index (χ1n) is 13.2. The van der Waals surface area contributed by atoms with Gasteiger partial charge in [0.1, 0.15) is 23.3 Å². The van der Waals surface area contributed by atoms with E-state index < -0.39 is 5.91 Å². The summed E-state index contributed by atoms with van der Waals surface area (Å²) in [6, 6.07) is 17.3. The van der Waals surface area contributed by atoms with Gasteiger partial charge < -0.3 is 11.1 Å². The van der Waals surface area contributed by atoms with E-state index in [0.717, 1.165) is 24.1 Å². The number of nitrogens with two attached hydrogens (primary N) is 1. The molecule has 2 aromatic carbocycles. The number of fused-ring (bicyclic) bond motifs is 1. The van der Waals surface area contributed by atoms with Crippen LogP contribution in [0.4, 0.5) is 11.8 Å². The molecule has 2 aromatic heterocycles. The molecule has 0 unspecified atom stereocenters. The number of hydrogen-bond donors (Lipinski definition) is 4. The first-order chi connectivity index (χ1) is 19.4. The molecule has 0 atom stereocenters. The number of nitrogen functional groups attached to an aromatic ring is 1. The Morgan fingerprint density at radius 3 is 2.58 bits per heavy atom. The van der Waals surface area contributed by atoms with Crippen molar-refractivity contribution >= 4 is 28.6 Å². The van der Waals surface area contributed by atoms with Crippen LogP contribution < -0.4 is 22.1 Å². The molecule has 4 rings (SSSR count). The lowest BCUT2D eigenvalue weighted by molar-refractivity contribution is -0.129. The molecule has 40 heavy (non-hydrogen) atoms. The van der Waals surface area contributed by atoms with Gasteiger partial charge in [-0.05, 0) is 56.4 Å². The van der Waals surface area contributed by atoms with Crippen LogP contribution in [0.3, 0.4) is 0 Å². The molecule has 0 spiro atoms. The standard InChI is InChI=1S/C29H32N8O3/c1-19-22(18-30)27(35-29(31)33-19)32-17-9-15-24-34-23-14-8-11-20(10-4-2-7-16-25(38)36-40)26(23)28(39)37(24)21-12-5-3-6-13-21/h3,5-6,8,11-14,40H,2,4,7,9-10,15-17H2,1H3,(H,36,38)(H3,31,32,33,35). The molecule has 0 aliphatic rings. The van der Waals surface area contributed by atoms with Crippen LogP contribution in [0.2, 0.25) is 0 Å². The lowest BCUT2D eigenvalue weighted by atomic mass is 10.0. The first kappa shape index (κ1) is 28.2. The molecule has 0 aliphatic carbocycles. The van der Waals surface area contributed by atoms with Crippen LogP contribution in [0, 0.1) is 18.3 Å². The molecular formula is C29H32N8O3. The maximum atomic E-state index is 14.0. The number of carbonyl (C=O) groups excluding carboxylic acids is 1. The number of anilines is 2. The average molecular weight is 541 g/mol. The largest absolute Gasteiger partial charge is 0.369 e. The van der Waals surface area contributed by atoms with Crippen LogP contribution in [-0.2, 0) is 17.6 Å². The van der Waals surface area contributed by atoms with Gasteiger partial charge in [-0.2, -0.15) is 10.2 Å². The number of aryl methyl sites for hydroxylation is 3. The van der Waals surface area contributed by atoms with Gasteiger partial charge in [0.15, 0.2) is 0 Å². The summed E-state index contributed by atoms with van der Waals surface area (Å²) >= 11 is 0. The third-order valence-corrected chi connectivity index (χ3v) is 6.63. The number of rotatable bonds is 12. The smallest absolute Gasteiger partial charge is 0.266 e. The fourth-order valence-electron chi connectivity index (χ4n) is 4.71. The van der Waals surface area contributed by atoms with E-state index in [1.807, 2.05) is 48.5 Å². The second kappa shape index (κ2) is 13.3. The predicted octanol–water partition coefficient (Wildman–Crippen LogP) is 3.59. The summed E-state index contributed by atoms with van der Waals surface area (Å²) in [7, 11) is 0. The van der Waals surface area contributed by atoms with Gasteiger partial charge in [0.05, 0.1) is 22.3 Å². The Morgan fingerprint density at radius 2 is 1.82 bits per heavy atom. The van der Waals surface area contributed by atoms with Gasteiger partial charge in [0.2, 0.25) is 11.9 Å². The van der Waals surface area contributed by atoms with Gasteiger partial charge in [-0.3, -0.25) is 19.4 Å². The quantitative estimate of drug-likeness (QED) is 0.119. The lowest BCUT2D eigenvalue weighted by Crippen LogP contribution is -2.25. The summed E-state index contributed by atoms with van der Waals surface area (Å²) in [5.41, 5.74) is 10.4. The van der Waals surface area contributed by atoms with Crippen LogP contribution in [0.15, 0.2) is 53.3 Å². The van der Waals surface area contributed by atoms with Crippen molar-refractivity contribution in [3.63, 3.8) is 0 Å². The van der Waals surface area contributed by atoms with Crippen molar-refractivity contribution in [2.75, 3.05) is 17.6 Å². The maximum Gasteiger partial charge on any atom is 0.266 e. The molecule has 4 aromatic rings. The summed E-state index contributed by atoms with van der Waals surface area (Å²) in [6.45, 7) is 2.20. The number of hydroxylamine groups is 1. The van der Waals surface area contributed by atoms with Gasteiger partial charge in [-0.25, -0.2) is 15.4 Å². The third-order valence-electron chi connectivity index (χ3n) is 6.63. The number of para-hydroxylation sites is 1. The second-order valence-corrected chi connectivity index (χ2v) is 9.44. The van der Waals surface area contributed by atoms with Crippen molar-refractivity contribution in [1.82, 2.24) is 25.0 Å². The zero-order valence-corrected chi connectivity index (χ0v) is 22.4. The topological polar surface area (TPSA) is 172 Å². The fourth-order valence-corrected chi connectivity index (χ4v) is 4.71. The summed E-state index contributed by atoms with van der Waals surface area (Å²) < 4.78 is 1.67. The average Bonchev–Trinajstić information content (AvgIpc) is 2.95. The minimum absolute atomic E-state index is 0.0968. The van der Waals surface area contributed by atoms with Gasteiger partial charge in [0, 0.05) is 19.4 Å². The van der Waals surface area contributed by atoms with Crippen molar-refractivity contribution in [2.24, 2.45) is 0 Å². The molecule has 0 aliphatic heterocycles. The van der Waals surface area contributed by atoms with E-state index >= 15 is 0 Å². The molecule has 0 saturated heterocycles. The van der Waals surface area contributed by atoms with Crippen LogP contribution >= 0.6 is 0 Å². The number of benzene rings is 2. The summed E-state index contributed by atoms with van der Waals surface area (Å²) in [5.74, 6) is 0.724. The highest BCUT2D eigenvalue weighted by molar-refractivity contribution is 5.82. The zero-order chi connectivity index (χ0) is 28.5. The van der Waals surface area contributed by atoms with Gasteiger partial charge >= 0.3 is 0 Å². The van der Waals surface area contributed by atoms with Crippen molar-refractivity contribution < 1.29 is 10.0 Å². The van der Waals surface area contributed by atoms with E-state index in [1.54, 1.807) is 17.0 Å². The number of unbranched alkanes of at least 4 members (excludes halogenated alkanes) is 2. The molecule has 1 amide bonds. The zero-order valence-electron chi connectivity index (χ0n) is 22.4. The normalized spacial score (nSPS) is 10.8. The maximum absolute atomic E-state index is 14.0. The minimum Gasteiger partial charge on any atom is -0.369 e. The van der Waals surface area contributed by atoms with Crippen molar-refractivity contribution in [1.29, 1.82) is 5.26 Å². The van der Waals surface area contributed by atoms with Crippen LogP contribution in [-0.4, -0.2) is 37.2 Å². The lowest BCUT2D eigenvalue weighted by Gasteiger charge is -2.16.